The summed E-state index contributed by atoms with van der Waals surface area (Å²) in [4.78, 5) is 62.9. The van der Waals surface area contributed by atoms with Crippen molar-refractivity contribution in [3.63, 3.8) is 0 Å². The van der Waals surface area contributed by atoms with Crippen LogP contribution in [0.4, 0.5) is 0 Å². The summed E-state index contributed by atoms with van der Waals surface area (Å²) < 4.78 is 0. The molecule has 0 fully saturated rings. The van der Waals surface area contributed by atoms with Crippen molar-refractivity contribution in [2.24, 2.45) is 11.7 Å². The minimum absolute atomic E-state index is 0.00597. The number of carbonyl (C=O) groups excluding carboxylic acids is 3. The van der Waals surface area contributed by atoms with Crippen LogP contribution in [0.15, 0.2) is 25.0 Å². The lowest BCUT2D eigenvalue weighted by Gasteiger charge is -2.23. The average molecular weight is 477 g/mol. The molecule has 3 amide bonds. The molecule has 0 aliphatic carbocycles. The fraction of sp³-hybridized carbons (Fsp3) is 0.524. The van der Waals surface area contributed by atoms with E-state index in [0.717, 1.165) is 0 Å². The summed E-state index contributed by atoms with van der Waals surface area (Å²) in [5.41, 5.74) is 7.07. The minimum atomic E-state index is -1.23. The predicted octanol–water partition coefficient (Wildman–Crippen LogP) is -1.15. The molecular weight excluding hydrogens is 444 g/mol. The van der Waals surface area contributed by atoms with Crippen LogP contribution in [0.5, 0.6) is 0 Å². The number of carboxylic acid groups (broad SMARTS) is 1. The molecule has 0 saturated heterocycles. The number of aromatic amines is 2. The Balaban J connectivity index is 2.02. The molecule has 0 bridgehead atoms. The molecule has 186 valence electrons. The second-order valence-corrected chi connectivity index (χ2v) is 8.49. The van der Waals surface area contributed by atoms with Crippen molar-refractivity contribution in [3.05, 3.63) is 36.4 Å². The van der Waals surface area contributed by atoms with E-state index in [2.05, 4.69) is 35.9 Å². The first-order valence-corrected chi connectivity index (χ1v) is 10.9. The lowest BCUT2D eigenvalue weighted by molar-refractivity contribution is -0.142. The molecule has 4 unspecified atom stereocenters. The number of carboxylic acids is 1. The maximum absolute atomic E-state index is 12.9. The Morgan fingerprint density at radius 2 is 1.41 bits per heavy atom. The fourth-order valence-corrected chi connectivity index (χ4v) is 3.21. The van der Waals surface area contributed by atoms with Gasteiger partial charge in [0, 0.05) is 36.6 Å². The van der Waals surface area contributed by atoms with Crippen molar-refractivity contribution in [3.8, 4) is 0 Å². The molecule has 0 aliphatic rings. The van der Waals surface area contributed by atoms with Crippen LogP contribution in [-0.4, -0.2) is 72.9 Å². The fourth-order valence-electron chi connectivity index (χ4n) is 3.21. The first-order chi connectivity index (χ1) is 16.1. The molecule has 13 nitrogen and oxygen atoms in total. The van der Waals surface area contributed by atoms with Gasteiger partial charge in [-0.15, -0.1) is 0 Å². The highest BCUT2D eigenvalue weighted by atomic mass is 16.4. The summed E-state index contributed by atoms with van der Waals surface area (Å²) in [6.07, 6.45) is 6.35. The SMILES string of the molecule is CC(C)CC(N)C(=O)NC(Cc1cnc[nH]1)C(=O)NC(C)C(=O)NC(Cc1cnc[nH]1)C(=O)O. The van der Waals surface area contributed by atoms with Gasteiger partial charge in [-0.25, -0.2) is 14.8 Å². The van der Waals surface area contributed by atoms with Gasteiger partial charge in [-0.3, -0.25) is 14.4 Å². The Bertz CT molecular complexity index is 945. The number of aliphatic carboxylic acids is 1. The van der Waals surface area contributed by atoms with Crippen LogP contribution in [0.25, 0.3) is 0 Å². The van der Waals surface area contributed by atoms with Crippen LogP contribution in [0.1, 0.15) is 38.6 Å². The zero-order valence-electron chi connectivity index (χ0n) is 19.4. The second kappa shape index (κ2) is 12.5. The number of amides is 3. The Hall–Kier alpha value is -3.74. The van der Waals surface area contributed by atoms with Crippen molar-refractivity contribution < 1.29 is 24.3 Å². The van der Waals surface area contributed by atoms with Crippen molar-refractivity contribution in [2.75, 3.05) is 0 Å². The van der Waals surface area contributed by atoms with Crippen LogP contribution in [0.2, 0.25) is 0 Å². The number of H-pyrrole nitrogens is 2. The van der Waals surface area contributed by atoms with Gasteiger partial charge in [-0.05, 0) is 19.3 Å². The molecule has 8 N–H and O–H groups in total. The van der Waals surface area contributed by atoms with Crippen LogP contribution in [0, 0.1) is 5.92 Å². The standard InChI is InChI=1S/C21H32N8O5/c1-11(2)4-15(22)19(31)28-16(5-13-7-23-9-25-13)20(32)27-12(3)18(30)29-17(21(33)34)6-14-8-24-10-26-14/h7-12,15-17H,4-6,22H2,1-3H3,(H,23,25)(H,24,26)(H,27,32)(H,28,31)(H,29,30)(H,33,34). The van der Waals surface area contributed by atoms with Crippen LogP contribution < -0.4 is 21.7 Å². The third kappa shape index (κ3) is 8.31. The summed E-state index contributed by atoms with van der Waals surface area (Å²) in [5, 5.41) is 17.0. The van der Waals surface area contributed by atoms with Gasteiger partial charge in [0.05, 0.1) is 18.7 Å². The van der Waals surface area contributed by atoms with Crippen molar-refractivity contribution in [1.29, 1.82) is 0 Å². The number of imidazole rings is 2. The van der Waals surface area contributed by atoms with Crippen LogP contribution >= 0.6 is 0 Å². The minimum Gasteiger partial charge on any atom is -0.480 e. The molecule has 0 aromatic carbocycles. The molecule has 4 atom stereocenters. The van der Waals surface area contributed by atoms with Crippen LogP contribution in [0.3, 0.4) is 0 Å². The highest BCUT2D eigenvalue weighted by molar-refractivity contribution is 5.94. The summed E-state index contributed by atoms with van der Waals surface area (Å²) in [5.74, 6) is -2.85. The largest absolute Gasteiger partial charge is 0.480 e. The molecule has 34 heavy (non-hydrogen) atoms. The van der Waals surface area contributed by atoms with Crippen molar-refractivity contribution >= 4 is 23.7 Å². The predicted molar refractivity (Wildman–Crippen MR) is 121 cm³/mol. The molecule has 2 rings (SSSR count). The smallest absolute Gasteiger partial charge is 0.326 e. The molecular formula is C21H32N8O5. The maximum atomic E-state index is 12.9. The van der Waals surface area contributed by atoms with E-state index in [-0.39, 0.29) is 18.8 Å². The summed E-state index contributed by atoms with van der Waals surface area (Å²) in [7, 11) is 0. The number of aromatic nitrogens is 4. The molecule has 2 heterocycles. The van der Waals surface area contributed by atoms with Gasteiger partial charge in [-0.2, -0.15) is 0 Å². The van der Waals surface area contributed by atoms with E-state index in [0.29, 0.717) is 17.8 Å². The number of hydrogen-bond acceptors (Lipinski definition) is 7. The van der Waals surface area contributed by atoms with E-state index < -0.39 is 47.9 Å². The van der Waals surface area contributed by atoms with Gasteiger partial charge in [0.2, 0.25) is 17.7 Å². The third-order valence-corrected chi connectivity index (χ3v) is 5.02. The average Bonchev–Trinajstić information content (AvgIpc) is 3.46. The third-order valence-electron chi connectivity index (χ3n) is 5.02. The van der Waals surface area contributed by atoms with Gasteiger partial charge in [-0.1, -0.05) is 13.8 Å². The van der Waals surface area contributed by atoms with Crippen LogP contribution in [-0.2, 0) is 32.0 Å². The molecule has 2 aromatic heterocycles. The normalized spacial score (nSPS) is 14.6. The first kappa shape index (κ1) is 26.5. The first-order valence-electron chi connectivity index (χ1n) is 10.9. The van der Waals surface area contributed by atoms with Gasteiger partial charge in [0.15, 0.2) is 0 Å². The number of nitrogens with one attached hydrogen (secondary N) is 5. The van der Waals surface area contributed by atoms with E-state index in [1.54, 1.807) is 0 Å². The Morgan fingerprint density at radius 1 is 0.882 bits per heavy atom. The molecule has 0 spiro atoms. The quantitative estimate of drug-likeness (QED) is 0.187. The highest BCUT2D eigenvalue weighted by Crippen LogP contribution is 2.05. The maximum Gasteiger partial charge on any atom is 0.326 e. The monoisotopic (exact) mass is 476 g/mol. The molecule has 0 radical (unpaired) electrons. The topological polar surface area (TPSA) is 208 Å². The summed E-state index contributed by atoms with van der Waals surface area (Å²) >= 11 is 0. The van der Waals surface area contributed by atoms with Gasteiger partial charge >= 0.3 is 5.97 Å². The van der Waals surface area contributed by atoms with E-state index >= 15 is 0 Å². The zero-order valence-corrected chi connectivity index (χ0v) is 19.4. The highest BCUT2D eigenvalue weighted by Gasteiger charge is 2.29. The van der Waals surface area contributed by atoms with Gasteiger partial charge in [0.25, 0.3) is 0 Å². The van der Waals surface area contributed by atoms with Gasteiger partial charge in [0.1, 0.15) is 18.1 Å². The lowest BCUT2D eigenvalue weighted by Crippen LogP contribution is -2.57. The number of carbonyl (C=O) groups is 4. The number of rotatable bonds is 13. The Morgan fingerprint density at radius 3 is 1.88 bits per heavy atom. The van der Waals surface area contributed by atoms with E-state index in [4.69, 9.17) is 5.73 Å². The van der Waals surface area contributed by atoms with E-state index in [9.17, 15) is 24.3 Å². The lowest BCUT2D eigenvalue weighted by atomic mass is 10.0. The van der Waals surface area contributed by atoms with E-state index in [1.807, 2.05) is 13.8 Å². The number of nitrogens with zero attached hydrogens (tertiary/aromatic N) is 2. The molecule has 0 saturated carbocycles. The molecule has 2 aromatic rings. The van der Waals surface area contributed by atoms with E-state index in [1.165, 1.54) is 32.0 Å². The Kier molecular flexibility index (Phi) is 9.74. The van der Waals surface area contributed by atoms with Crippen molar-refractivity contribution in [1.82, 2.24) is 35.9 Å². The second-order valence-electron chi connectivity index (χ2n) is 8.49. The molecule has 13 heteroatoms. The van der Waals surface area contributed by atoms with Crippen molar-refractivity contribution in [2.45, 2.75) is 64.2 Å². The van der Waals surface area contributed by atoms with Gasteiger partial charge < -0.3 is 36.8 Å². The number of hydrogen-bond donors (Lipinski definition) is 7. The summed E-state index contributed by atoms with van der Waals surface area (Å²) in [6, 6.07) is -4.11. The summed E-state index contributed by atoms with van der Waals surface area (Å²) in [6.45, 7) is 5.28. The Labute approximate surface area is 196 Å². The molecule has 0 aliphatic heterocycles. The number of nitrogens with two attached hydrogens (primary N) is 1. The zero-order chi connectivity index (χ0) is 25.3.